The lowest BCUT2D eigenvalue weighted by Crippen LogP contribution is -2.28. The Kier molecular flexibility index (Phi) is 6.84. The second-order valence-electron chi connectivity index (χ2n) is 5.44. The predicted molar refractivity (Wildman–Crippen MR) is 101 cm³/mol. The molecule has 0 unspecified atom stereocenters. The molecule has 0 heterocycles. The van der Waals surface area contributed by atoms with Crippen LogP contribution in [0.2, 0.25) is 10.0 Å². The lowest BCUT2D eigenvalue weighted by atomic mass is 10.2. The van der Waals surface area contributed by atoms with E-state index in [0.717, 1.165) is 0 Å². The number of sulfonamides is 1. The van der Waals surface area contributed by atoms with E-state index in [2.05, 4.69) is 5.32 Å². The van der Waals surface area contributed by atoms with Gasteiger partial charge in [-0.3, -0.25) is 4.79 Å². The van der Waals surface area contributed by atoms with Gasteiger partial charge in [-0.05, 0) is 55.0 Å². The monoisotopic (exact) mass is 400 g/mol. The number of halogens is 2. The van der Waals surface area contributed by atoms with Crippen molar-refractivity contribution in [1.82, 2.24) is 4.31 Å². The number of nitrogens with one attached hydrogen (secondary N) is 1. The highest BCUT2D eigenvalue weighted by Crippen LogP contribution is 2.18. The summed E-state index contributed by atoms with van der Waals surface area (Å²) in [6.45, 7) is 0.235. The number of carbonyl (C=O) groups excluding carboxylic acids is 1. The van der Waals surface area contributed by atoms with Crippen LogP contribution in [-0.2, 0) is 14.8 Å². The SMILES string of the molecule is CN(CCCC(=O)Nc1ccc(Cl)cc1)S(=O)(=O)c1ccc(Cl)cc1. The van der Waals surface area contributed by atoms with Crippen molar-refractivity contribution in [2.24, 2.45) is 0 Å². The molecule has 0 aliphatic rings. The zero-order chi connectivity index (χ0) is 18.4. The van der Waals surface area contributed by atoms with Gasteiger partial charge in [0.25, 0.3) is 0 Å². The van der Waals surface area contributed by atoms with Gasteiger partial charge in [-0.15, -0.1) is 0 Å². The van der Waals surface area contributed by atoms with Crippen molar-refractivity contribution in [1.29, 1.82) is 0 Å². The molecule has 8 heteroatoms. The molecule has 0 fully saturated rings. The topological polar surface area (TPSA) is 66.5 Å². The molecule has 0 radical (unpaired) electrons. The lowest BCUT2D eigenvalue weighted by molar-refractivity contribution is -0.116. The van der Waals surface area contributed by atoms with E-state index in [1.165, 1.54) is 35.6 Å². The van der Waals surface area contributed by atoms with Crippen LogP contribution in [0.3, 0.4) is 0 Å². The van der Waals surface area contributed by atoms with Crippen LogP contribution >= 0.6 is 23.2 Å². The first-order chi connectivity index (χ1) is 11.8. The van der Waals surface area contributed by atoms with Crippen LogP contribution in [0.5, 0.6) is 0 Å². The molecule has 1 N–H and O–H groups in total. The summed E-state index contributed by atoms with van der Waals surface area (Å²) in [5, 5.41) is 3.80. The smallest absolute Gasteiger partial charge is 0.242 e. The molecule has 0 saturated heterocycles. The fourth-order valence-corrected chi connectivity index (χ4v) is 3.59. The first kappa shape index (κ1) is 19.7. The molecule has 0 spiro atoms. The number of carbonyl (C=O) groups is 1. The van der Waals surface area contributed by atoms with E-state index in [-0.39, 0.29) is 23.8 Å². The molecule has 25 heavy (non-hydrogen) atoms. The van der Waals surface area contributed by atoms with Crippen molar-refractivity contribution in [3.63, 3.8) is 0 Å². The van der Waals surface area contributed by atoms with Crippen LogP contribution in [0, 0.1) is 0 Å². The highest BCUT2D eigenvalue weighted by atomic mass is 35.5. The number of anilines is 1. The minimum atomic E-state index is -3.59. The average molecular weight is 401 g/mol. The summed E-state index contributed by atoms with van der Waals surface area (Å²) < 4.78 is 26.1. The fraction of sp³-hybridized carbons (Fsp3) is 0.235. The van der Waals surface area contributed by atoms with E-state index < -0.39 is 10.0 Å². The van der Waals surface area contributed by atoms with Gasteiger partial charge < -0.3 is 5.32 Å². The van der Waals surface area contributed by atoms with Crippen LogP contribution < -0.4 is 5.32 Å². The minimum absolute atomic E-state index is 0.171. The highest BCUT2D eigenvalue weighted by Gasteiger charge is 2.20. The average Bonchev–Trinajstić information content (AvgIpc) is 2.57. The maximum absolute atomic E-state index is 12.4. The van der Waals surface area contributed by atoms with Crippen LogP contribution in [0.15, 0.2) is 53.4 Å². The second kappa shape index (κ2) is 8.67. The third kappa shape index (κ3) is 5.71. The minimum Gasteiger partial charge on any atom is -0.326 e. The maximum Gasteiger partial charge on any atom is 0.242 e. The first-order valence-corrected chi connectivity index (χ1v) is 9.76. The molecular weight excluding hydrogens is 383 g/mol. The third-order valence-electron chi connectivity index (χ3n) is 3.53. The quantitative estimate of drug-likeness (QED) is 0.762. The lowest BCUT2D eigenvalue weighted by Gasteiger charge is -2.17. The summed E-state index contributed by atoms with van der Waals surface area (Å²) in [7, 11) is -2.10. The summed E-state index contributed by atoms with van der Waals surface area (Å²) in [5.74, 6) is -0.181. The predicted octanol–water partition coefficient (Wildman–Crippen LogP) is 4.03. The molecule has 0 aliphatic carbocycles. The Morgan fingerprint density at radius 2 is 1.52 bits per heavy atom. The Hall–Kier alpha value is -1.60. The molecule has 0 aromatic heterocycles. The van der Waals surface area contributed by atoms with E-state index in [4.69, 9.17) is 23.2 Å². The molecule has 0 saturated carbocycles. The van der Waals surface area contributed by atoms with E-state index in [1.807, 2.05) is 0 Å². The second-order valence-corrected chi connectivity index (χ2v) is 8.36. The molecule has 0 aliphatic heterocycles. The standard InChI is InChI=1S/C17H18Cl2N2O3S/c1-21(25(23,24)16-10-6-14(19)7-11-16)12-2-3-17(22)20-15-8-4-13(18)5-9-15/h4-11H,2-3,12H2,1H3,(H,20,22). The van der Waals surface area contributed by atoms with E-state index >= 15 is 0 Å². The van der Waals surface area contributed by atoms with Crippen LogP contribution in [0.4, 0.5) is 5.69 Å². The van der Waals surface area contributed by atoms with Crippen molar-refractivity contribution in [3.05, 3.63) is 58.6 Å². The van der Waals surface area contributed by atoms with Crippen molar-refractivity contribution in [2.45, 2.75) is 17.7 Å². The zero-order valence-electron chi connectivity index (χ0n) is 13.6. The maximum atomic E-state index is 12.4. The van der Waals surface area contributed by atoms with E-state index in [9.17, 15) is 13.2 Å². The van der Waals surface area contributed by atoms with Gasteiger partial charge in [0.05, 0.1) is 4.90 Å². The Balaban J connectivity index is 1.84. The third-order valence-corrected chi connectivity index (χ3v) is 5.90. The van der Waals surface area contributed by atoms with Gasteiger partial charge in [-0.2, -0.15) is 0 Å². The van der Waals surface area contributed by atoms with Crippen molar-refractivity contribution in [3.8, 4) is 0 Å². The van der Waals surface area contributed by atoms with Crippen LogP contribution in [-0.4, -0.2) is 32.2 Å². The summed E-state index contributed by atoms with van der Waals surface area (Å²) in [4.78, 5) is 12.1. The Labute approximate surface area is 157 Å². The van der Waals surface area contributed by atoms with Crippen LogP contribution in [0.1, 0.15) is 12.8 Å². The number of rotatable bonds is 7. The van der Waals surface area contributed by atoms with Gasteiger partial charge in [0.2, 0.25) is 15.9 Å². The first-order valence-electron chi connectivity index (χ1n) is 7.56. The van der Waals surface area contributed by atoms with Crippen molar-refractivity contribution < 1.29 is 13.2 Å². The van der Waals surface area contributed by atoms with Gasteiger partial charge in [0.1, 0.15) is 0 Å². The van der Waals surface area contributed by atoms with Gasteiger partial charge in [-0.25, -0.2) is 12.7 Å². The van der Waals surface area contributed by atoms with E-state index in [0.29, 0.717) is 22.2 Å². The van der Waals surface area contributed by atoms with Gasteiger partial charge in [0, 0.05) is 35.7 Å². The van der Waals surface area contributed by atoms with Crippen molar-refractivity contribution >= 4 is 44.8 Å². The Morgan fingerprint density at radius 1 is 1.00 bits per heavy atom. The number of benzene rings is 2. The normalized spacial score (nSPS) is 11.5. The summed E-state index contributed by atoms with van der Waals surface area (Å²) in [6.07, 6.45) is 0.617. The molecule has 2 aromatic rings. The molecular formula is C17H18Cl2N2O3S. The fourth-order valence-electron chi connectivity index (χ4n) is 2.13. The molecule has 2 aromatic carbocycles. The Bertz CT molecular complexity index is 822. The summed E-state index contributed by atoms with van der Waals surface area (Å²) in [6, 6.07) is 12.8. The number of amides is 1. The molecule has 0 bridgehead atoms. The number of hydrogen-bond acceptors (Lipinski definition) is 3. The van der Waals surface area contributed by atoms with Crippen LogP contribution in [0.25, 0.3) is 0 Å². The van der Waals surface area contributed by atoms with Crippen molar-refractivity contribution in [2.75, 3.05) is 18.9 Å². The molecule has 134 valence electrons. The Morgan fingerprint density at radius 3 is 2.08 bits per heavy atom. The number of hydrogen-bond donors (Lipinski definition) is 1. The highest BCUT2D eigenvalue weighted by molar-refractivity contribution is 7.89. The number of nitrogens with zero attached hydrogens (tertiary/aromatic N) is 1. The molecule has 5 nitrogen and oxygen atoms in total. The largest absolute Gasteiger partial charge is 0.326 e. The molecule has 0 atom stereocenters. The molecule has 1 amide bonds. The van der Waals surface area contributed by atoms with E-state index in [1.54, 1.807) is 24.3 Å². The summed E-state index contributed by atoms with van der Waals surface area (Å²) in [5.41, 5.74) is 0.650. The molecule has 2 rings (SSSR count). The van der Waals surface area contributed by atoms with Gasteiger partial charge >= 0.3 is 0 Å². The zero-order valence-corrected chi connectivity index (χ0v) is 15.9. The van der Waals surface area contributed by atoms with Gasteiger partial charge in [0.15, 0.2) is 0 Å². The van der Waals surface area contributed by atoms with Gasteiger partial charge in [-0.1, -0.05) is 23.2 Å². The summed E-state index contributed by atoms with van der Waals surface area (Å²) >= 11 is 11.6.